The number of anilines is 1. The predicted molar refractivity (Wildman–Crippen MR) is 110 cm³/mol. The normalized spacial score (nSPS) is 13.4. The second-order valence-corrected chi connectivity index (χ2v) is 8.36. The van der Waals surface area contributed by atoms with Crippen LogP contribution in [0.5, 0.6) is 0 Å². The Kier molecular flexibility index (Phi) is 4.27. The van der Waals surface area contributed by atoms with Crippen molar-refractivity contribution >= 4 is 27.4 Å². The molecule has 142 valence electrons. The van der Waals surface area contributed by atoms with Gasteiger partial charge in [0.15, 0.2) is 11.6 Å². The van der Waals surface area contributed by atoms with Crippen LogP contribution in [-0.2, 0) is 19.4 Å². The third-order valence-electron chi connectivity index (χ3n) is 5.10. The van der Waals surface area contributed by atoms with Gasteiger partial charge in [-0.3, -0.25) is 4.98 Å². The molecule has 1 N–H and O–H groups in total. The molecule has 0 aromatic carbocycles. The van der Waals surface area contributed by atoms with Gasteiger partial charge in [0, 0.05) is 28.9 Å². The van der Waals surface area contributed by atoms with E-state index in [-0.39, 0.29) is 0 Å². The standard InChI is InChI=1S/C20H21N7S/c1-12(2)27-11-23-26-16(27)10-22-19-17-14-6-3-7-15(14)28-20(17)25-18(24-19)13-5-4-8-21-9-13/h4-5,8-9,11-12H,3,6-7,10H2,1-2H3,(H,22,24,25). The Labute approximate surface area is 166 Å². The SMILES string of the molecule is CC(C)n1cnnc1CNc1nc(-c2cccnc2)nc2sc3c(c12)CCC3. The molecule has 4 heterocycles. The second kappa shape index (κ2) is 6.94. The quantitative estimate of drug-likeness (QED) is 0.553. The van der Waals surface area contributed by atoms with Crippen molar-refractivity contribution in [3.05, 3.63) is 47.1 Å². The Hall–Kier alpha value is -2.87. The average molecular weight is 392 g/mol. The molecule has 0 radical (unpaired) electrons. The number of fused-ring (bicyclic) bond motifs is 3. The lowest BCUT2D eigenvalue weighted by Crippen LogP contribution is -2.11. The van der Waals surface area contributed by atoms with Crippen LogP contribution in [-0.4, -0.2) is 29.7 Å². The van der Waals surface area contributed by atoms with Gasteiger partial charge in [-0.1, -0.05) is 0 Å². The Morgan fingerprint density at radius 1 is 1.25 bits per heavy atom. The number of hydrogen-bond donors (Lipinski definition) is 1. The van der Waals surface area contributed by atoms with E-state index in [0.29, 0.717) is 18.4 Å². The van der Waals surface area contributed by atoms with Gasteiger partial charge >= 0.3 is 0 Å². The highest BCUT2D eigenvalue weighted by atomic mass is 32.1. The van der Waals surface area contributed by atoms with Crippen LogP contribution in [0.4, 0.5) is 5.82 Å². The average Bonchev–Trinajstić information content (AvgIpc) is 3.42. The monoisotopic (exact) mass is 391 g/mol. The van der Waals surface area contributed by atoms with Gasteiger partial charge in [0.05, 0.1) is 11.9 Å². The van der Waals surface area contributed by atoms with Crippen LogP contribution < -0.4 is 5.32 Å². The zero-order valence-corrected chi connectivity index (χ0v) is 16.7. The van der Waals surface area contributed by atoms with E-state index >= 15 is 0 Å². The maximum atomic E-state index is 4.88. The lowest BCUT2D eigenvalue weighted by molar-refractivity contribution is 0.572. The zero-order valence-electron chi connectivity index (χ0n) is 15.9. The summed E-state index contributed by atoms with van der Waals surface area (Å²) in [7, 11) is 0. The van der Waals surface area contributed by atoms with E-state index < -0.39 is 0 Å². The maximum absolute atomic E-state index is 4.88. The van der Waals surface area contributed by atoms with E-state index in [9.17, 15) is 0 Å². The molecule has 0 aliphatic heterocycles. The van der Waals surface area contributed by atoms with Crippen LogP contribution in [0.1, 0.15) is 42.6 Å². The number of aryl methyl sites for hydroxylation is 2. The Balaban J connectivity index is 1.58. The summed E-state index contributed by atoms with van der Waals surface area (Å²) in [6.45, 7) is 4.82. The molecule has 28 heavy (non-hydrogen) atoms. The number of nitrogens with zero attached hydrogens (tertiary/aromatic N) is 6. The molecule has 1 aliphatic carbocycles. The molecular weight excluding hydrogens is 370 g/mol. The minimum absolute atomic E-state index is 0.313. The lowest BCUT2D eigenvalue weighted by atomic mass is 10.2. The minimum Gasteiger partial charge on any atom is -0.362 e. The highest BCUT2D eigenvalue weighted by molar-refractivity contribution is 7.19. The van der Waals surface area contributed by atoms with Crippen LogP contribution in [0, 0.1) is 0 Å². The van der Waals surface area contributed by atoms with Gasteiger partial charge in [-0.25, -0.2) is 9.97 Å². The largest absolute Gasteiger partial charge is 0.362 e. The summed E-state index contributed by atoms with van der Waals surface area (Å²) in [4.78, 5) is 16.4. The van der Waals surface area contributed by atoms with Crippen molar-refractivity contribution < 1.29 is 0 Å². The van der Waals surface area contributed by atoms with Crippen LogP contribution in [0.25, 0.3) is 21.6 Å². The first-order chi connectivity index (χ1) is 13.7. The van der Waals surface area contributed by atoms with E-state index in [2.05, 4.69) is 38.9 Å². The first-order valence-corrected chi connectivity index (χ1v) is 10.4. The fourth-order valence-electron chi connectivity index (χ4n) is 3.74. The summed E-state index contributed by atoms with van der Waals surface area (Å²) in [5.41, 5.74) is 2.33. The molecule has 1 aliphatic rings. The van der Waals surface area contributed by atoms with Gasteiger partial charge < -0.3 is 9.88 Å². The van der Waals surface area contributed by atoms with Crippen LogP contribution in [0.15, 0.2) is 30.9 Å². The van der Waals surface area contributed by atoms with E-state index in [0.717, 1.165) is 34.9 Å². The summed E-state index contributed by atoms with van der Waals surface area (Å²) in [5, 5.41) is 13.0. The smallest absolute Gasteiger partial charge is 0.164 e. The molecule has 0 amide bonds. The molecule has 0 bridgehead atoms. The van der Waals surface area contributed by atoms with Gasteiger partial charge in [0.25, 0.3) is 0 Å². The lowest BCUT2D eigenvalue weighted by Gasteiger charge is -2.12. The van der Waals surface area contributed by atoms with E-state index in [1.807, 2.05) is 18.3 Å². The number of aromatic nitrogens is 6. The van der Waals surface area contributed by atoms with Gasteiger partial charge in [0.1, 0.15) is 17.0 Å². The first kappa shape index (κ1) is 17.2. The summed E-state index contributed by atoms with van der Waals surface area (Å²) in [6, 6.07) is 4.22. The third kappa shape index (κ3) is 2.93. The molecule has 0 fully saturated rings. The molecule has 0 atom stereocenters. The summed E-state index contributed by atoms with van der Waals surface area (Å²) in [6.07, 6.45) is 8.80. The van der Waals surface area contributed by atoms with Crippen molar-refractivity contribution in [3.63, 3.8) is 0 Å². The number of hydrogen-bond acceptors (Lipinski definition) is 7. The predicted octanol–water partition coefficient (Wildman–Crippen LogP) is 4.03. The zero-order chi connectivity index (χ0) is 19.1. The van der Waals surface area contributed by atoms with Crippen LogP contribution in [0.2, 0.25) is 0 Å². The van der Waals surface area contributed by atoms with E-state index in [4.69, 9.17) is 9.97 Å². The molecule has 0 unspecified atom stereocenters. The number of rotatable bonds is 5. The van der Waals surface area contributed by atoms with Crippen LogP contribution in [0.3, 0.4) is 0 Å². The molecule has 0 saturated heterocycles. The van der Waals surface area contributed by atoms with Crippen LogP contribution >= 0.6 is 11.3 Å². The van der Waals surface area contributed by atoms with Crippen molar-refractivity contribution in [2.45, 2.75) is 45.7 Å². The van der Waals surface area contributed by atoms with Crippen molar-refractivity contribution in [1.82, 2.24) is 29.7 Å². The summed E-state index contributed by atoms with van der Waals surface area (Å²) >= 11 is 1.80. The van der Waals surface area contributed by atoms with E-state index in [1.54, 1.807) is 23.9 Å². The van der Waals surface area contributed by atoms with Crippen molar-refractivity contribution in [2.24, 2.45) is 0 Å². The molecule has 8 heteroatoms. The molecule has 4 aromatic heterocycles. The number of pyridine rings is 1. The van der Waals surface area contributed by atoms with Gasteiger partial charge in [-0.15, -0.1) is 21.5 Å². The van der Waals surface area contributed by atoms with Crippen molar-refractivity contribution in [3.8, 4) is 11.4 Å². The fourth-order valence-corrected chi connectivity index (χ4v) is 5.00. The fraction of sp³-hybridized carbons (Fsp3) is 0.350. The van der Waals surface area contributed by atoms with Gasteiger partial charge in [0.2, 0.25) is 0 Å². The minimum atomic E-state index is 0.313. The Morgan fingerprint density at radius 3 is 3.00 bits per heavy atom. The highest BCUT2D eigenvalue weighted by Gasteiger charge is 2.23. The molecular formula is C20H21N7S. The molecule has 4 aromatic rings. The first-order valence-electron chi connectivity index (χ1n) is 9.55. The maximum Gasteiger partial charge on any atom is 0.164 e. The second-order valence-electron chi connectivity index (χ2n) is 7.28. The number of thiophene rings is 1. The highest BCUT2D eigenvalue weighted by Crippen LogP contribution is 2.40. The summed E-state index contributed by atoms with van der Waals surface area (Å²) < 4.78 is 2.07. The van der Waals surface area contributed by atoms with Gasteiger partial charge in [-0.2, -0.15) is 0 Å². The van der Waals surface area contributed by atoms with Crippen molar-refractivity contribution in [1.29, 1.82) is 0 Å². The summed E-state index contributed by atoms with van der Waals surface area (Å²) in [5.74, 6) is 2.48. The topological polar surface area (TPSA) is 81.4 Å². The number of nitrogens with one attached hydrogen (secondary N) is 1. The molecule has 0 spiro atoms. The molecule has 0 saturated carbocycles. The molecule has 7 nitrogen and oxygen atoms in total. The Morgan fingerprint density at radius 2 is 2.18 bits per heavy atom. The van der Waals surface area contributed by atoms with Crippen molar-refractivity contribution in [2.75, 3.05) is 5.32 Å². The van der Waals surface area contributed by atoms with E-state index in [1.165, 1.54) is 22.2 Å². The molecule has 5 rings (SSSR count). The van der Waals surface area contributed by atoms with Gasteiger partial charge in [-0.05, 0) is 50.8 Å². The Bertz CT molecular complexity index is 1130. The third-order valence-corrected chi connectivity index (χ3v) is 6.29.